The molecular formula is C41H50N7O6PY2-4. The first-order chi connectivity index (χ1) is 26.6. The number of aromatic nitrogens is 5. The van der Waals surface area contributed by atoms with Crippen molar-refractivity contribution >= 4 is 30.7 Å². The molecule has 2 saturated heterocycles. The van der Waals surface area contributed by atoms with E-state index in [1.807, 2.05) is 33.5 Å². The van der Waals surface area contributed by atoms with Gasteiger partial charge in [-0.25, -0.2) is 23.4 Å². The maximum Gasteiger partial charge on any atom is 0.259 e. The van der Waals surface area contributed by atoms with E-state index >= 15 is 0 Å². The molecule has 0 spiro atoms. The summed E-state index contributed by atoms with van der Waals surface area (Å²) in [5, 5.41) is 19.9. The second-order valence-electron chi connectivity index (χ2n) is 13.6. The number of allylic oxidation sites excluding steroid dienone is 4. The molecule has 3 unspecified atom stereocenters. The third-order valence-electron chi connectivity index (χ3n) is 9.21. The van der Waals surface area contributed by atoms with Crippen LogP contribution in [0.15, 0.2) is 67.4 Å². The van der Waals surface area contributed by atoms with Crippen LogP contribution in [0.1, 0.15) is 77.5 Å². The van der Waals surface area contributed by atoms with Crippen molar-refractivity contribution in [3.63, 3.8) is 0 Å². The molecule has 0 bridgehead atoms. The minimum absolute atomic E-state index is 0. The smallest absolute Gasteiger partial charge is 0.259 e. The Bertz CT molecular complexity index is 1970. The molecule has 6 rings (SSSR count). The van der Waals surface area contributed by atoms with Gasteiger partial charge in [0.2, 0.25) is 6.54 Å². The summed E-state index contributed by atoms with van der Waals surface area (Å²) >= 11 is 0. The van der Waals surface area contributed by atoms with Crippen LogP contribution in [0.5, 0.6) is 0 Å². The largest absolute Gasteiger partial charge is 0.394 e. The topological polar surface area (TPSA) is 134 Å². The molecule has 2 N–H and O–H groups in total. The quantitative estimate of drug-likeness (QED) is 0.0532. The summed E-state index contributed by atoms with van der Waals surface area (Å²) in [6.07, 6.45) is 19.3. The van der Waals surface area contributed by atoms with Crippen LogP contribution in [-0.2, 0) is 83.9 Å². The van der Waals surface area contributed by atoms with Crippen LogP contribution < -0.4 is 0 Å². The van der Waals surface area contributed by atoms with Crippen LogP contribution in [0, 0.1) is 31.9 Å². The molecule has 2 radical (unpaired) electrons. The third-order valence-corrected chi connectivity index (χ3v) is 11.4. The number of hydrogen-bond acceptors (Lipinski definition) is 10. The Balaban J connectivity index is 0.000000325. The van der Waals surface area contributed by atoms with E-state index in [1.54, 1.807) is 30.9 Å². The predicted molar refractivity (Wildman–Crippen MR) is 211 cm³/mol. The molecule has 6 heterocycles. The van der Waals surface area contributed by atoms with Crippen molar-refractivity contribution in [2.75, 3.05) is 19.8 Å². The van der Waals surface area contributed by atoms with Gasteiger partial charge in [-0.3, -0.25) is 31.7 Å². The number of nitrogens with zero attached hydrogens (tertiary/aromatic N) is 7. The van der Waals surface area contributed by atoms with Crippen LogP contribution in [-0.4, -0.2) is 95.2 Å². The SMILES string of the molecule is [C-]#[N+]CCOP(OC1C[C@H](n2cnc3c([C-]=CC=[CH-])ccnc32)O[C@@H]1CC)N(C(C)C)C(C)C.[CH-]=CC=[C-]c1ccnc2c1ccn2[C@H]1CC(O)[C@@H](CO)O1.[Y].[Y]. The van der Waals surface area contributed by atoms with E-state index < -0.39 is 20.7 Å². The van der Waals surface area contributed by atoms with E-state index in [0.717, 1.165) is 39.7 Å². The van der Waals surface area contributed by atoms with E-state index in [2.05, 4.69) is 71.2 Å². The average molecular weight is 946 g/mol. The number of pyridine rings is 2. The number of fused-ring (bicyclic) bond motifs is 2. The molecular weight excluding hydrogens is 895 g/mol. The Morgan fingerprint density at radius 2 is 1.60 bits per heavy atom. The first-order valence-electron chi connectivity index (χ1n) is 18.5. The summed E-state index contributed by atoms with van der Waals surface area (Å²) < 4.78 is 30.9. The van der Waals surface area contributed by atoms with Crippen LogP contribution in [0.4, 0.5) is 0 Å². The fraction of sp³-hybridized carbons (Fsp3) is 0.463. The second kappa shape index (κ2) is 24.4. The summed E-state index contributed by atoms with van der Waals surface area (Å²) in [5.74, 6) is 0. The fourth-order valence-electron chi connectivity index (χ4n) is 6.75. The van der Waals surface area contributed by atoms with Crippen molar-refractivity contribution in [3.05, 3.63) is 115 Å². The first kappa shape index (κ1) is 49.5. The molecule has 57 heavy (non-hydrogen) atoms. The monoisotopic (exact) mass is 945 g/mol. The first-order valence-corrected chi connectivity index (χ1v) is 19.6. The number of hydrogen-bond donors (Lipinski definition) is 2. The standard InChI is InChI=1S/C25H34N5O3P.C16H16N2O3.2Y/c1-8-10-11-20-12-13-27-25-24(20)28-17-29(25)23-16-22(21(9-2)32-23)33-34(31-15-14-26-7)30(18(3)4)19(5)6;1-2-3-4-11-5-7-17-16-12(11)6-8-18(16)15-9-13(20)14(10-19)21-15;;/h1,8,10,12-13,17-19,21-23H,9,14-16H2,2-6H3;1-3,5-8,13-15,19-20H,9-10H2;;/q2*-2;;/t21-,22?,23-,34?;13?,14-,15-;;/m11../s1. The van der Waals surface area contributed by atoms with Crippen LogP contribution in [0.25, 0.3) is 27.0 Å². The Morgan fingerprint density at radius 3 is 2.21 bits per heavy atom. The molecule has 13 nitrogen and oxygen atoms in total. The number of imidazole rings is 1. The summed E-state index contributed by atoms with van der Waals surface area (Å²) in [6.45, 7) is 29.0. The van der Waals surface area contributed by atoms with Gasteiger partial charge in [-0.05, 0) is 52.7 Å². The minimum atomic E-state index is -1.34. The molecule has 7 atom stereocenters. The average Bonchev–Trinajstić information content (AvgIpc) is 3.97. The van der Waals surface area contributed by atoms with Crippen molar-refractivity contribution in [3.8, 4) is 0 Å². The maximum atomic E-state index is 9.85. The van der Waals surface area contributed by atoms with Gasteiger partial charge in [0.25, 0.3) is 8.53 Å². The van der Waals surface area contributed by atoms with Crippen LogP contribution in [0.2, 0.25) is 0 Å². The van der Waals surface area contributed by atoms with Gasteiger partial charge in [-0.1, -0.05) is 18.4 Å². The van der Waals surface area contributed by atoms with Gasteiger partial charge in [-0.2, -0.15) is 5.56 Å². The van der Waals surface area contributed by atoms with E-state index in [4.69, 9.17) is 43.4 Å². The summed E-state index contributed by atoms with van der Waals surface area (Å²) in [7, 11) is -1.34. The summed E-state index contributed by atoms with van der Waals surface area (Å²) in [4.78, 5) is 16.9. The van der Waals surface area contributed by atoms with Gasteiger partial charge in [0, 0.05) is 95.9 Å². The van der Waals surface area contributed by atoms with E-state index in [0.29, 0.717) is 26.0 Å². The molecule has 0 aromatic carbocycles. The zero-order valence-electron chi connectivity index (χ0n) is 33.1. The molecule has 0 aliphatic carbocycles. The molecule has 2 aliphatic heterocycles. The summed E-state index contributed by atoms with van der Waals surface area (Å²) in [6, 6.07) is 6.13. The molecule has 0 saturated carbocycles. The Kier molecular flexibility index (Phi) is 21.2. The minimum Gasteiger partial charge on any atom is -0.394 e. The second-order valence-corrected chi connectivity index (χ2v) is 15.0. The number of aliphatic hydroxyl groups excluding tert-OH is 2. The molecule has 2 fully saturated rings. The van der Waals surface area contributed by atoms with Crippen LogP contribution >= 0.6 is 8.53 Å². The molecule has 4 aromatic rings. The van der Waals surface area contributed by atoms with Gasteiger partial charge >= 0.3 is 0 Å². The van der Waals surface area contributed by atoms with Gasteiger partial charge in [0.1, 0.15) is 30.8 Å². The van der Waals surface area contributed by atoms with E-state index in [1.165, 1.54) is 12.2 Å². The number of ether oxygens (including phenoxy) is 2. The zero-order valence-corrected chi connectivity index (χ0v) is 39.7. The summed E-state index contributed by atoms with van der Waals surface area (Å²) in [5.41, 5.74) is 3.94. The Labute approximate surface area is 388 Å². The van der Waals surface area contributed by atoms with Gasteiger partial charge < -0.3 is 63.5 Å². The fourth-order valence-corrected chi connectivity index (χ4v) is 8.50. The van der Waals surface area contributed by atoms with Crippen LogP contribution in [0.3, 0.4) is 0 Å². The Morgan fingerprint density at radius 1 is 0.965 bits per heavy atom. The van der Waals surface area contributed by atoms with E-state index in [-0.39, 0.29) is 109 Å². The normalized spacial score (nSPS) is 22.5. The van der Waals surface area contributed by atoms with Crippen molar-refractivity contribution in [2.24, 2.45) is 0 Å². The zero-order chi connectivity index (χ0) is 39.5. The maximum absolute atomic E-state index is 9.85. The number of aliphatic hydroxyl groups is 2. The van der Waals surface area contributed by atoms with E-state index in [9.17, 15) is 5.11 Å². The van der Waals surface area contributed by atoms with Gasteiger partial charge in [-0.15, -0.1) is 17.7 Å². The predicted octanol–water partition coefficient (Wildman–Crippen LogP) is 6.86. The molecule has 4 aromatic heterocycles. The molecule has 0 amide bonds. The molecule has 300 valence electrons. The third kappa shape index (κ3) is 12.3. The van der Waals surface area contributed by atoms with Gasteiger partial charge in [0.15, 0.2) is 0 Å². The van der Waals surface area contributed by atoms with Gasteiger partial charge in [0.05, 0.1) is 36.9 Å². The van der Waals surface area contributed by atoms with Crippen molar-refractivity contribution < 1.29 is 94.2 Å². The van der Waals surface area contributed by atoms with Crippen molar-refractivity contribution in [1.82, 2.24) is 28.8 Å². The van der Waals surface area contributed by atoms with Crippen molar-refractivity contribution in [2.45, 2.75) is 103 Å². The Hall–Kier alpha value is -1.88. The number of rotatable bonds is 16. The molecule has 2 aliphatic rings. The molecule has 16 heteroatoms. The van der Waals surface area contributed by atoms with Crippen molar-refractivity contribution in [1.29, 1.82) is 0 Å².